The van der Waals surface area contributed by atoms with Crippen molar-refractivity contribution in [3.05, 3.63) is 71.0 Å². The van der Waals surface area contributed by atoms with Crippen LogP contribution >= 0.6 is 11.6 Å². The van der Waals surface area contributed by atoms with E-state index in [0.717, 1.165) is 21.1 Å². The minimum Gasteiger partial charge on any atom is -0.618 e. The van der Waals surface area contributed by atoms with Crippen LogP contribution < -0.4 is 4.73 Å². The van der Waals surface area contributed by atoms with Gasteiger partial charge >= 0.3 is 0 Å². The van der Waals surface area contributed by atoms with Gasteiger partial charge in [0.1, 0.15) is 0 Å². The van der Waals surface area contributed by atoms with E-state index in [1.807, 2.05) is 42.5 Å². The monoisotopic (exact) mass is 255 g/mol. The van der Waals surface area contributed by atoms with E-state index < -0.39 is 0 Å². The fourth-order valence-electron chi connectivity index (χ4n) is 2.09. The largest absolute Gasteiger partial charge is 0.618 e. The number of hydrogen-bond donors (Lipinski definition) is 0. The van der Waals surface area contributed by atoms with E-state index in [4.69, 9.17) is 11.6 Å². The zero-order valence-electron chi connectivity index (χ0n) is 9.51. The maximum Gasteiger partial charge on any atom is 0.231 e. The normalized spacial score (nSPS) is 10.7. The van der Waals surface area contributed by atoms with Gasteiger partial charge in [0, 0.05) is 16.7 Å². The Balaban J connectivity index is 2.33. The summed E-state index contributed by atoms with van der Waals surface area (Å²) in [6.45, 7) is 0. The molecule has 0 aliphatic rings. The molecule has 0 amide bonds. The van der Waals surface area contributed by atoms with Crippen molar-refractivity contribution in [2.45, 2.75) is 0 Å². The van der Waals surface area contributed by atoms with Crippen molar-refractivity contribution in [3.8, 4) is 11.3 Å². The Bertz CT molecular complexity index is 707. The highest BCUT2D eigenvalue weighted by molar-refractivity contribution is 6.30. The first-order chi connectivity index (χ1) is 8.75. The Kier molecular flexibility index (Phi) is 2.65. The fraction of sp³-hybridized carbons (Fsp3) is 0. The highest BCUT2D eigenvalue weighted by atomic mass is 35.5. The molecule has 0 aliphatic carbocycles. The maximum atomic E-state index is 12.0. The number of pyridine rings is 1. The van der Waals surface area contributed by atoms with E-state index in [0.29, 0.717) is 10.7 Å². The smallest absolute Gasteiger partial charge is 0.231 e. The Morgan fingerprint density at radius 3 is 2.39 bits per heavy atom. The summed E-state index contributed by atoms with van der Waals surface area (Å²) < 4.78 is 0.894. The van der Waals surface area contributed by atoms with Crippen molar-refractivity contribution in [2.75, 3.05) is 0 Å². The van der Waals surface area contributed by atoms with Gasteiger partial charge in [-0.3, -0.25) is 0 Å². The Labute approximate surface area is 110 Å². The first kappa shape index (κ1) is 11.1. The second-order valence-corrected chi connectivity index (χ2v) is 4.52. The van der Waals surface area contributed by atoms with E-state index in [1.54, 1.807) is 12.1 Å². The molecular formula is C15H10ClNO. The number of nitrogens with zero attached hydrogens (tertiary/aromatic N) is 1. The van der Waals surface area contributed by atoms with Gasteiger partial charge in [-0.05, 0) is 35.7 Å². The first-order valence-corrected chi connectivity index (χ1v) is 6.00. The molecule has 0 saturated carbocycles. The SMILES string of the molecule is [O-][n+]1ccc2ccccc2c1-c1ccc(Cl)cc1. The lowest BCUT2D eigenvalue weighted by molar-refractivity contribution is -0.592. The topological polar surface area (TPSA) is 26.9 Å². The summed E-state index contributed by atoms with van der Waals surface area (Å²) in [6.07, 6.45) is 1.53. The molecular weight excluding hydrogens is 246 g/mol. The Morgan fingerprint density at radius 1 is 0.889 bits per heavy atom. The van der Waals surface area contributed by atoms with Gasteiger partial charge in [-0.25, -0.2) is 0 Å². The molecule has 3 rings (SSSR count). The zero-order chi connectivity index (χ0) is 12.5. The molecule has 2 aromatic carbocycles. The number of hydrogen-bond acceptors (Lipinski definition) is 1. The Hall–Kier alpha value is -2.06. The standard InChI is InChI=1S/C15H10ClNO/c16-13-7-5-12(6-8-13)15-14-4-2-1-3-11(14)9-10-17(15)18/h1-10H. The Morgan fingerprint density at radius 2 is 1.61 bits per heavy atom. The molecule has 0 fully saturated rings. The lowest BCUT2D eigenvalue weighted by Crippen LogP contribution is -2.28. The van der Waals surface area contributed by atoms with Crippen molar-refractivity contribution < 1.29 is 4.73 Å². The number of halogens is 1. The summed E-state index contributed by atoms with van der Waals surface area (Å²) in [5.41, 5.74) is 1.52. The number of aromatic nitrogens is 1. The van der Waals surface area contributed by atoms with E-state index >= 15 is 0 Å². The second kappa shape index (κ2) is 4.31. The molecule has 0 bridgehead atoms. The van der Waals surface area contributed by atoms with Crippen molar-refractivity contribution in [1.29, 1.82) is 0 Å². The van der Waals surface area contributed by atoms with Crippen LogP contribution in [0.5, 0.6) is 0 Å². The summed E-state index contributed by atoms with van der Waals surface area (Å²) in [7, 11) is 0. The highest BCUT2D eigenvalue weighted by Gasteiger charge is 2.13. The molecule has 2 nitrogen and oxygen atoms in total. The minimum atomic E-state index is 0.657. The van der Waals surface area contributed by atoms with Crippen molar-refractivity contribution in [1.82, 2.24) is 0 Å². The average Bonchev–Trinajstić information content (AvgIpc) is 2.40. The van der Waals surface area contributed by atoms with Crippen LogP contribution in [0.2, 0.25) is 5.02 Å². The van der Waals surface area contributed by atoms with Gasteiger partial charge in [0.15, 0.2) is 6.20 Å². The van der Waals surface area contributed by atoms with Crippen LogP contribution in [0, 0.1) is 5.21 Å². The summed E-state index contributed by atoms with van der Waals surface area (Å²) in [6, 6.07) is 17.0. The molecule has 88 valence electrons. The number of rotatable bonds is 1. The van der Waals surface area contributed by atoms with Gasteiger partial charge in [-0.1, -0.05) is 29.8 Å². The molecule has 0 aliphatic heterocycles. The van der Waals surface area contributed by atoms with Crippen LogP contribution in [0.25, 0.3) is 22.0 Å². The third-order valence-electron chi connectivity index (χ3n) is 2.94. The molecule has 0 N–H and O–H groups in total. The molecule has 0 unspecified atom stereocenters. The minimum absolute atomic E-state index is 0.657. The van der Waals surface area contributed by atoms with Crippen molar-refractivity contribution >= 4 is 22.4 Å². The average molecular weight is 256 g/mol. The highest BCUT2D eigenvalue weighted by Crippen LogP contribution is 2.25. The van der Waals surface area contributed by atoms with Gasteiger partial charge in [0.05, 0.1) is 5.39 Å². The second-order valence-electron chi connectivity index (χ2n) is 4.08. The van der Waals surface area contributed by atoms with Crippen LogP contribution in [-0.2, 0) is 0 Å². The summed E-state index contributed by atoms with van der Waals surface area (Å²) in [5.74, 6) is 0. The molecule has 18 heavy (non-hydrogen) atoms. The summed E-state index contributed by atoms with van der Waals surface area (Å²) >= 11 is 5.87. The number of benzene rings is 2. The van der Waals surface area contributed by atoms with E-state index in [1.165, 1.54) is 6.20 Å². The first-order valence-electron chi connectivity index (χ1n) is 5.62. The maximum absolute atomic E-state index is 12.0. The third kappa shape index (κ3) is 1.81. The molecule has 0 radical (unpaired) electrons. The zero-order valence-corrected chi connectivity index (χ0v) is 10.3. The van der Waals surface area contributed by atoms with E-state index in [2.05, 4.69) is 0 Å². The predicted molar refractivity (Wildman–Crippen MR) is 73.4 cm³/mol. The molecule has 0 spiro atoms. The molecule has 3 aromatic rings. The predicted octanol–water partition coefficient (Wildman–Crippen LogP) is 3.79. The van der Waals surface area contributed by atoms with E-state index in [9.17, 15) is 5.21 Å². The van der Waals surface area contributed by atoms with Crippen molar-refractivity contribution in [2.24, 2.45) is 0 Å². The van der Waals surface area contributed by atoms with E-state index in [-0.39, 0.29) is 0 Å². The van der Waals surface area contributed by atoms with Gasteiger partial charge in [-0.2, -0.15) is 4.73 Å². The van der Waals surface area contributed by atoms with Crippen LogP contribution in [-0.4, -0.2) is 0 Å². The van der Waals surface area contributed by atoms with Crippen LogP contribution in [0.15, 0.2) is 60.8 Å². The quantitative estimate of drug-likeness (QED) is 0.480. The van der Waals surface area contributed by atoms with Crippen LogP contribution in [0.3, 0.4) is 0 Å². The van der Waals surface area contributed by atoms with Crippen molar-refractivity contribution in [3.63, 3.8) is 0 Å². The molecule has 1 heterocycles. The lowest BCUT2D eigenvalue weighted by atomic mass is 10.0. The lowest BCUT2D eigenvalue weighted by Gasteiger charge is -2.07. The van der Waals surface area contributed by atoms with Gasteiger partial charge in [0.2, 0.25) is 5.69 Å². The number of fused-ring (bicyclic) bond motifs is 1. The van der Waals surface area contributed by atoms with Gasteiger partial charge < -0.3 is 5.21 Å². The van der Waals surface area contributed by atoms with Crippen LogP contribution in [0.1, 0.15) is 0 Å². The summed E-state index contributed by atoms with van der Waals surface area (Å²) in [5, 5.41) is 14.7. The third-order valence-corrected chi connectivity index (χ3v) is 3.20. The fourth-order valence-corrected chi connectivity index (χ4v) is 2.22. The van der Waals surface area contributed by atoms with Gasteiger partial charge in [0.25, 0.3) is 0 Å². The summed E-state index contributed by atoms with van der Waals surface area (Å²) in [4.78, 5) is 0. The molecule has 0 saturated heterocycles. The molecule has 0 atom stereocenters. The molecule has 1 aromatic heterocycles. The molecule has 3 heteroatoms. The van der Waals surface area contributed by atoms with Gasteiger partial charge in [-0.15, -0.1) is 0 Å². The van der Waals surface area contributed by atoms with Crippen LogP contribution in [0.4, 0.5) is 0 Å².